The molecule has 4 aliphatic carbocycles. The van der Waals surface area contributed by atoms with Gasteiger partial charge in [-0.25, -0.2) is 0 Å². The Morgan fingerprint density at radius 1 is 1.16 bits per heavy atom. The monoisotopic (exact) mass is 346 g/mol. The third kappa shape index (κ3) is 2.43. The highest BCUT2D eigenvalue weighted by Gasteiger charge is 2.60. The molecule has 0 spiro atoms. The Morgan fingerprint density at radius 3 is 2.64 bits per heavy atom. The Morgan fingerprint density at radius 2 is 1.92 bits per heavy atom. The lowest BCUT2D eigenvalue weighted by molar-refractivity contribution is -0.157. The summed E-state index contributed by atoms with van der Waals surface area (Å²) >= 11 is 0. The number of fused-ring (bicyclic) bond motifs is 5. The number of allylic oxidation sites excluding steroid dienone is 1. The van der Waals surface area contributed by atoms with Gasteiger partial charge < -0.3 is 9.84 Å². The van der Waals surface area contributed by atoms with Crippen molar-refractivity contribution in [3.8, 4) is 0 Å². The van der Waals surface area contributed by atoms with Crippen LogP contribution in [-0.4, -0.2) is 29.1 Å². The number of hydrogen-bond donors (Lipinski definition) is 1. The van der Waals surface area contributed by atoms with Crippen molar-refractivity contribution in [2.75, 3.05) is 0 Å². The van der Waals surface area contributed by atoms with E-state index in [-0.39, 0.29) is 23.1 Å². The van der Waals surface area contributed by atoms with E-state index in [1.165, 1.54) is 32.6 Å². The van der Waals surface area contributed by atoms with Gasteiger partial charge in [0.05, 0.1) is 0 Å². The number of carbonyl (C=O) groups is 2. The number of ketones is 1. The van der Waals surface area contributed by atoms with Crippen LogP contribution in [0.1, 0.15) is 65.7 Å². The maximum Gasteiger partial charge on any atom is 0.303 e. The molecule has 138 valence electrons. The third-order valence-electron chi connectivity index (χ3n) is 8.09. The van der Waals surface area contributed by atoms with Crippen molar-refractivity contribution in [1.29, 1.82) is 0 Å². The molecule has 0 saturated heterocycles. The molecule has 25 heavy (non-hydrogen) atoms. The second-order valence-electron chi connectivity index (χ2n) is 9.37. The summed E-state index contributed by atoms with van der Waals surface area (Å²) in [7, 11) is 0. The summed E-state index contributed by atoms with van der Waals surface area (Å²) < 4.78 is 5.31. The predicted octanol–water partition coefficient (Wildman–Crippen LogP) is 3.42. The molecule has 4 heteroatoms. The molecule has 3 saturated carbocycles. The van der Waals surface area contributed by atoms with Gasteiger partial charge in [0.2, 0.25) is 0 Å². The summed E-state index contributed by atoms with van der Waals surface area (Å²) in [5, 5.41) is 10.8. The van der Waals surface area contributed by atoms with Gasteiger partial charge >= 0.3 is 5.97 Å². The van der Waals surface area contributed by atoms with Gasteiger partial charge in [-0.2, -0.15) is 0 Å². The number of aliphatic hydroxyl groups excluding tert-OH is 1. The van der Waals surface area contributed by atoms with Crippen molar-refractivity contribution in [3.05, 3.63) is 11.6 Å². The van der Waals surface area contributed by atoms with Gasteiger partial charge in [0.1, 0.15) is 12.2 Å². The van der Waals surface area contributed by atoms with E-state index < -0.39 is 12.2 Å². The van der Waals surface area contributed by atoms with E-state index in [1.807, 2.05) is 0 Å². The Labute approximate surface area is 150 Å². The molecular formula is C21H30O4. The summed E-state index contributed by atoms with van der Waals surface area (Å²) in [5.74, 6) is 0.777. The minimum absolute atomic E-state index is 0.118. The van der Waals surface area contributed by atoms with Crippen molar-refractivity contribution in [3.63, 3.8) is 0 Å². The van der Waals surface area contributed by atoms with E-state index in [0.29, 0.717) is 23.7 Å². The van der Waals surface area contributed by atoms with Crippen LogP contribution in [-0.2, 0) is 14.3 Å². The lowest BCUT2D eigenvalue weighted by Crippen LogP contribution is -2.56. The fourth-order valence-corrected chi connectivity index (χ4v) is 6.76. The van der Waals surface area contributed by atoms with Crippen molar-refractivity contribution in [2.24, 2.45) is 28.6 Å². The SMILES string of the molecule is CC(=O)O[C@H]1CC[C@@]2(C)C(=CC(=O)[C@H]3[C@@H]4CCC[C@@]4(C)CC[C@@H]32)[C@H]1O. The van der Waals surface area contributed by atoms with E-state index in [4.69, 9.17) is 4.74 Å². The van der Waals surface area contributed by atoms with Gasteiger partial charge in [-0.15, -0.1) is 0 Å². The summed E-state index contributed by atoms with van der Waals surface area (Å²) in [6.45, 7) is 5.98. The second-order valence-corrected chi connectivity index (χ2v) is 9.37. The molecule has 0 radical (unpaired) electrons. The molecule has 0 aromatic heterocycles. The predicted molar refractivity (Wildman–Crippen MR) is 93.7 cm³/mol. The van der Waals surface area contributed by atoms with Gasteiger partial charge in [0.15, 0.2) is 5.78 Å². The number of rotatable bonds is 1. The van der Waals surface area contributed by atoms with Crippen LogP contribution in [0.2, 0.25) is 0 Å². The molecule has 0 unspecified atom stereocenters. The molecule has 3 fully saturated rings. The van der Waals surface area contributed by atoms with Crippen LogP contribution < -0.4 is 0 Å². The zero-order valence-electron chi connectivity index (χ0n) is 15.6. The quantitative estimate of drug-likeness (QED) is 0.739. The first-order valence-electron chi connectivity index (χ1n) is 9.87. The second kappa shape index (κ2) is 5.67. The van der Waals surface area contributed by atoms with Gasteiger partial charge in [-0.1, -0.05) is 20.3 Å². The number of esters is 1. The first-order valence-corrected chi connectivity index (χ1v) is 9.87. The summed E-state index contributed by atoms with van der Waals surface area (Å²) in [5.41, 5.74) is 1.00. The lowest BCUT2D eigenvalue weighted by Gasteiger charge is -2.57. The third-order valence-corrected chi connectivity index (χ3v) is 8.09. The summed E-state index contributed by atoms with van der Waals surface area (Å²) in [6.07, 6.45) is 7.85. The Balaban J connectivity index is 1.70. The normalized spacial score (nSPS) is 48.9. The molecule has 1 N–H and O–H groups in total. The number of aliphatic hydroxyl groups is 1. The Kier molecular flexibility index (Phi) is 3.91. The van der Waals surface area contributed by atoms with Crippen LogP contribution in [0.3, 0.4) is 0 Å². The number of carbonyl (C=O) groups excluding carboxylic acids is 2. The van der Waals surface area contributed by atoms with Gasteiger partial charge in [-0.3, -0.25) is 9.59 Å². The molecule has 0 aromatic carbocycles. The molecule has 4 rings (SSSR count). The first kappa shape index (κ1) is 17.3. The maximum absolute atomic E-state index is 13.1. The van der Waals surface area contributed by atoms with Crippen LogP contribution in [0.15, 0.2) is 11.6 Å². The molecule has 0 aromatic rings. The maximum atomic E-state index is 13.1. The lowest BCUT2D eigenvalue weighted by atomic mass is 9.47. The highest BCUT2D eigenvalue weighted by Crippen LogP contribution is 2.64. The zero-order chi connectivity index (χ0) is 18.0. The van der Waals surface area contributed by atoms with Crippen LogP contribution in [0.5, 0.6) is 0 Å². The van der Waals surface area contributed by atoms with Crippen LogP contribution in [0.25, 0.3) is 0 Å². The molecule has 7 atom stereocenters. The molecule has 0 bridgehead atoms. The number of hydrogen-bond acceptors (Lipinski definition) is 4. The van der Waals surface area contributed by atoms with E-state index in [2.05, 4.69) is 13.8 Å². The topological polar surface area (TPSA) is 63.6 Å². The molecule has 0 aliphatic heterocycles. The average Bonchev–Trinajstić information content (AvgIpc) is 2.94. The summed E-state index contributed by atoms with van der Waals surface area (Å²) in [4.78, 5) is 24.4. The van der Waals surface area contributed by atoms with Crippen molar-refractivity contribution >= 4 is 11.8 Å². The summed E-state index contributed by atoms with van der Waals surface area (Å²) in [6, 6.07) is 0. The van der Waals surface area contributed by atoms with Gasteiger partial charge in [0, 0.05) is 12.8 Å². The zero-order valence-corrected chi connectivity index (χ0v) is 15.6. The Bertz CT molecular complexity index is 638. The molecule has 0 amide bonds. The van der Waals surface area contributed by atoms with E-state index in [9.17, 15) is 14.7 Å². The van der Waals surface area contributed by atoms with Crippen molar-refractivity contribution in [2.45, 2.75) is 77.9 Å². The first-order chi connectivity index (χ1) is 11.8. The molecular weight excluding hydrogens is 316 g/mol. The molecule has 4 aliphatic rings. The van der Waals surface area contributed by atoms with Crippen LogP contribution >= 0.6 is 0 Å². The van der Waals surface area contributed by atoms with Gasteiger partial charge in [0.25, 0.3) is 0 Å². The fourth-order valence-electron chi connectivity index (χ4n) is 6.76. The minimum Gasteiger partial charge on any atom is -0.459 e. The minimum atomic E-state index is -0.843. The molecule has 0 heterocycles. The fraction of sp³-hybridized carbons (Fsp3) is 0.810. The highest BCUT2D eigenvalue weighted by atomic mass is 16.6. The standard InChI is InChI=1S/C21H30O4/c1-12(22)25-17-7-10-21(3)14-6-9-20(2)8-4-5-13(20)18(14)16(23)11-15(21)19(17)24/h11,13-14,17-19,24H,4-10H2,1-3H3/t13-,14-,17-,18-,19+,20-,21+/m0/s1. The molecule has 4 nitrogen and oxygen atoms in total. The van der Waals surface area contributed by atoms with Crippen molar-refractivity contribution in [1.82, 2.24) is 0 Å². The van der Waals surface area contributed by atoms with E-state index in [1.54, 1.807) is 6.08 Å². The van der Waals surface area contributed by atoms with Crippen molar-refractivity contribution < 1.29 is 19.4 Å². The van der Waals surface area contributed by atoms with E-state index in [0.717, 1.165) is 18.4 Å². The van der Waals surface area contributed by atoms with Crippen LogP contribution in [0, 0.1) is 28.6 Å². The number of ether oxygens (including phenoxy) is 1. The van der Waals surface area contributed by atoms with Crippen LogP contribution in [0.4, 0.5) is 0 Å². The van der Waals surface area contributed by atoms with Gasteiger partial charge in [-0.05, 0) is 72.8 Å². The smallest absolute Gasteiger partial charge is 0.303 e. The average molecular weight is 346 g/mol. The van der Waals surface area contributed by atoms with E-state index >= 15 is 0 Å². The highest BCUT2D eigenvalue weighted by molar-refractivity contribution is 5.94. The Hall–Kier alpha value is -1.16. The largest absolute Gasteiger partial charge is 0.459 e.